The largest absolute Gasteiger partial charge is 0.478 e. The molecule has 18 heavy (non-hydrogen) atoms. The first kappa shape index (κ1) is 13.1. The molecule has 1 aliphatic rings. The molecule has 1 aliphatic carbocycles. The van der Waals surface area contributed by atoms with Gasteiger partial charge in [0.05, 0.1) is 6.61 Å². The summed E-state index contributed by atoms with van der Waals surface area (Å²) in [5, 5.41) is 3.47. The average Bonchev–Trinajstić information content (AvgIpc) is 2.72. The predicted octanol–water partition coefficient (Wildman–Crippen LogP) is 3.32. The highest BCUT2D eigenvalue weighted by atomic mass is 16.5. The Hall–Kier alpha value is -1.32. The molecule has 0 amide bonds. The summed E-state index contributed by atoms with van der Waals surface area (Å²) in [6.07, 6.45) is 5.94. The van der Waals surface area contributed by atoms with Crippen LogP contribution in [-0.4, -0.2) is 22.1 Å². The number of hydrogen-bond donors (Lipinski definition) is 1. The molecule has 4 nitrogen and oxygen atoms in total. The van der Waals surface area contributed by atoms with Crippen molar-refractivity contribution in [1.29, 1.82) is 0 Å². The van der Waals surface area contributed by atoms with Gasteiger partial charge in [-0.15, -0.1) is 0 Å². The van der Waals surface area contributed by atoms with E-state index in [0.717, 1.165) is 12.1 Å². The van der Waals surface area contributed by atoms with Gasteiger partial charge in [-0.3, -0.25) is 0 Å². The number of aryl methyl sites for hydroxylation is 1. The Bertz CT molecular complexity index is 400. The number of ether oxygens (including phenoxy) is 1. The molecule has 1 heterocycles. The predicted molar refractivity (Wildman–Crippen MR) is 73.1 cm³/mol. The van der Waals surface area contributed by atoms with Crippen molar-refractivity contribution >= 4 is 5.95 Å². The lowest BCUT2D eigenvalue weighted by Gasteiger charge is -2.25. The van der Waals surface area contributed by atoms with Crippen LogP contribution in [0.4, 0.5) is 5.95 Å². The number of nitrogens with zero attached hydrogens (tertiary/aromatic N) is 2. The maximum atomic E-state index is 5.58. The van der Waals surface area contributed by atoms with Gasteiger partial charge in [-0.25, -0.2) is 4.98 Å². The summed E-state index contributed by atoms with van der Waals surface area (Å²) in [5.41, 5.74) is 1.09. The molecule has 4 heteroatoms. The van der Waals surface area contributed by atoms with E-state index in [0.29, 0.717) is 18.4 Å². The Labute approximate surface area is 109 Å². The molecule has 1 N–H and O–H groups in total. The van der Waals surface area contributed by atoms with Crippen molar-refractivity contribution in [2.24, 2.45) is 0 Å². The highest BCUT2D eigenvalue weighted by molar-refractivity contribution is 5.34. The minimum atomic E-state index is 0.149. The Morgan fingerprint density at radius 1 is 1.33 bits per heavy atom. The zero-order valence-electron chi connectivity index (χ0n) is 11.6. The lowest BCUT2D eigenvalue weighted by molar-refractivity contribution is 0.304. The van der Waals surface area contributed by atoms with Crippen molar-refractivity contribution in [3.8, 4) is 5.88 Å². The third-order valence-corrected chi connectivity index (χ3v) is 3.41. The second kappa shape index (κ2) is 5.55. The topological polar surface area (TPSA) is 47.0 Å². The Balaban J connectivity index is 2.09. The Kier molecular flexibility index (Phi) is 4.04. The van der Waals surface area contributed by atoms with E-state index < -0.39 is 0 Å². The molecule has 0 atom stereocenters. The molecule has 0 aliphatic heterocycles. The SMILES string of the molecule is CCCOc1cc(C)nc(NC2(C)CCCC2)n1. The summed E-state index contributed by atoms with van der Waals surface area (Å²) in [6.45, 7) is 7.01. The number of hydrogen-bond acceptors (Lipinski definition) is 4. The first-order valence-corrected chi connectivity index (χ1v) is 6.88. The van der Waals surface area contributed by atoms with E-state index in [1.807, 2.05) is 13.0 Å². The molecule has 0 bridgehead atoms. The summed E-state index contributed by atoms with van der Waals surface area (Å²) >= 11 is 0. The van der Waals surface area contributed by atoms with Gasteiger partial charge in [0, 0.05) is 17.3 Å². The van der Waals surface area contributed by atoms with Crippen LogP contribution in [0.5, 0.6) is 5.88 Å². The van der Waals surface area contributed by atoms with Crippen LogP contribution in [0.2, 0.25) is 0 Å². The van der Waals surface area contributed by atoms with Crippen LogP contribution in [-0.2, 0) is 0 Å². The van der Waals surface area contributed by atoms with E-state index in [9.17, 15) is 0 Å². The average molecular weight is 249 g/mol. The molecule has 1 fully saturated rings. The fourth-order valence-corrected chi connectivity index (χ4v) is 2.43. The quantitative estimate of drug-likeness (QED) is 0.869. The Morgan fingerprint density at radius 3 is 2.72 bits per heavy atom. The van der Waals surface area contributed by atoms with Crippen molar-refractivity contribution in [2.75, 3.05) is 11.9 Å². The van der Waals surface area contributed by atoms with Gasteiger partial charge in [0.1, 0.15) is 0 Å². The minimum absolute atomic E-state index is 0.149. The van der Waals surface area contributed by atoms with Crippen LogP contribution >= 0.6 is 0 Å². The Morgan fingerprint density at radius 2 is 2.06 bits per heavy atom. The minimum Gasteiger partial charge on any atom is -0.478 e. The van der Waals surface area contributed by atoms with Crippen LogP contribution < -0.4 is 10.1 Å². The first-order valence-electron chi connectivity index (χ1n) is 6.88. The van der Waals surface area contributed by atoms with Crippen molar-refractivity contribution in [1.82, 2.24) is 9.97 Å². The highest BCUT2D eigenvalue weighted by Crippen LogP contribution is 2.31. The molecule has 2 rings (SSSR count). The van der Waals surface area contributed by atoms with Gasteiger partial charge in [0.2, 0.25) is 11.8 Å². The third kappa shape index (κ3) is 3.34. The molecule has 0 radical (unpaired) electrons. The van der Waals surface area contributed by atoms with Crippen LogP contribution in [0, 0.1) is 6.92 Å². The van der Waals surface area contributed by atoms with Gasteiger partial charge in [-0.05, 0) is 33.1 Å². The van der Waals surface area contributed by atoms with Gasteiger partial charge < -0.3 is 10.1 Å². The molecule has 1 saturated carbocycles. The maximum Gasteiger partial charge on any atom is 0.226 e. The van der Waals surface area contributed by atoms with Crippen molar-refractivity contribution < 1.29 is 4.74 Å². The van der Waals surface area contributed by atoms with E-state index in [2.05, 4.69) is 29.1 Å². The van der Waals surface area contributed by atoms with Gasteiger partial charge in [-0.1, -0.05) is 19.8 Å². The first-order chi connectivity index (χ1) is 8.61. The lowest BCUT2D eigenvalue weighted by Crippen LogP contribution is -2.31. The summed E-state index contributed by atoms with van der Waals surface area (Å²) in [7, 11) is 0. The summed E-state index contributed by atoms with van der Waals surface area (Å²) in [4.78, 5) is 8.88. The van der Waals surface area contributed by atoms with Crippen molar-refractivity contribution in [3.05, 3.63) is 11.8 Å². The van der Waals surface area contributed by atoms with Crippen molar-refractivity contribution in [3.63, 3.8) is 0 Å². The third-order valence-electron chi connectivity index (χ3n) is 3.41. The highest BCUT2D eigenvalue weighted by Gasteiger charge is 2.29. The number of anilines is 1. The molecule has 1 aromatic heterocycles. The molecular weight excluding hydrogens is 226 g/mol. The molecular formula is C14H23N3O. The maximum absolute atomic E-state index is 5.58. The molecule has 100 valence electrons. The molecule has 1 aromatic rings. The van der Waals surface area contributed by atoms with Gasteiger partial charge in [0.15, 0.2) is 0 Å². The second-order valence-corrected chi connectivity index (χ2v) is 5.41. The van der Waals surface area contributed by atoms with E-state index >= 15 is 0 Å². The number of nitrogens with one attached hydrogen (secondary N) is 1. The van der Waals surface area contributed by atoms with Crippen LogP contribution in [0.15, 0.2) is 6.07 Å². The molecule has 0 unspecified atom stereocenters. The standard InChI is InChI=1S/C14H23N3O/c1-4-9-18-12-10-11(2)15-13(16-12)17-14(3)7-5-6-8-14/h10H,4-9H2,1-3H3,(H,15,16,17). The smallest absolute Gasteiger partial charge is 0.226 e. The van der Waals surface area contributed by atoms with E-state index in [1.165, 1.54) is 25.7 Å². The zero-order valence-corrected chi connectivity index (χ0v) is 11.6. The van der Waals surface area contributed by atoms with Gasteiger partial charge >= 0.3 is 0 Å². The monoisotopic (exact) mass is 249 g/mol. The van der Waals surface area contributed by atoms with Gasteiger partial charge in [0.25, 0.3) is 0 Å². The van der Waals surface area contributed by atoms with Gasteiger partial charge in [-0.2, -0.15) is 4.98 Å². The molecule has 0 saturated heterocycles. The fourth-order valence-electron chi connectivity index (χ4n) is 2.43. The number of aromatic nitrogens is 2. The number of rotatable bonds is 5. The summed E-state index contributed by atoms with van der Waals surface area (Å²) in [6, 6.07) is 1.89. The fraction of sp³-hybridized carbons (Fsp3) is 0.714. The zero-order chi connectivity index (χ0) is 13.0. The van der Waals surface area contributed by atoms with E-state index in [4.69, 9.17) is 4.74 Å². The van der Waals surface area contributed by atoms with Crippen LogP contribution in [0.3, 0.4) is 0 Å². The van der Waals surface area contributed by atoms with Crippen LogP contribution in [0.25, 0.3) is 0 Å². The summed E-state index contributed by atoms with van der Waals surface area (Å²) in [5.74, 6) is 1.37. The second-order valence-electron chi connectivity index (χ2n) is 5.41. The van der Waals surface area contributed by atoms with E-state index in [-0.39, 0.29) is 5.54 Å². The van der Waals surface area contributed by atoms with E-state index in [1.54, 1.807) is 0 Å². The van der Waals surface area contributed by atoms with Crippen LogP contribution in [0.1, 0.15) is 51.6 Å². The lowest BCUT2D eigenvalue weighted by atomic mass is 10.0. The summed E-state index contributed by atoms with van der Waals surface area (Å²) < 4.78 is 5.58. The molecule has 0 spiro atoms. The molecule has 0 aromatic carbocycles. The normalized spacial score (nSPS) is 17.7. The van der Waals surface area contributed by atoms with Crippen molar-refractivity contribution in [2.45, 2.75) is 58.4 Å².